The largest absolute Gasteiger partial charge is 0.493 e. The quantitative estimate of drug-likeness (QED) is 0.694. The lowest BCUT2D eigenvalue weighted by atomic mass is 10.2. The molecule has 0 fully saturated rings. The molecule has 0 aliphatic rings. The van der Waals surface area contributed by atoms with Crippen molar-refractivity contribution in [3.63, 3.8) is 0 Å². The van der Waals surface area contributed by atoms with Crippen LogP contribution in [0.2, 0.25) is 10.0 Å². The van der Waals surface area contributed by atoms with Gasteiger partial charge in [0.1, 0.15) is 4.90 Å². The van der Waals surface area contributed by atoms with Crippen LogP contribution in [0.5, 0.6) is 11.5 Å². The number of hydrogen-bond donors (Lipinski definition) is 0. The highest BCUT2D eigenvalue weighted by Crippen LogP contribution is 2.33. The van der Waals surface area contributed by atoms with Gasteiger partial charge in [0.25, 0.3) is 0 Å². The van der Waals surface area contributed by atoms with Gasteiger partial charge in [-0.2, -0.15) is 4.31 Å². The first-order chi connectivity index (χ1) is 11.8. The SMILES string of the molecule is CCN(Cc1ccc(OC)c(OC)c1)S(=O)(=O)c1c(Cl)cccc1Cl. The maximum atomic E-state index is 13.0. The van der Waals surface area contributed by atoms with Crippen molar-refractivity contribution in [3.05, 3.63) is 52.0 Å². The summed E-state index contributed by atoms with van der Waals surface area (Å²) in [6.07, 6.45) is 0. The van der Waals surface area contributed by atoms with E-state index < -0.39 is 10.0 Å². The molecule has 0 aromatic heterocycles. The predicted octanol–water partition coefficient (Wildman–Crippen LogP) is 4.22. The number of sulfonamides is 1. The lowest BCUT2D eigenvalue weighted by molar-refractivity contribution is 0.353. The molecule has 0 spiro atoms. The number of benzene rings is 2. The van der Waals surface area contributed by atoms with Crippen LogP contribution in [-0.2, 0) is 16.6 Å². The molecule has 0 saturated heterocycles. The number of nitrogens with zero attached hydrogens (tertiary/aromatic N) is 1. The zero-order valence-corrected chi connectivity index (χ0v) is 16.5. The Balaban J connectivity index is 2.40. The second-order valence-electron chi connectivity index (χ2n) is 5.17. The summed E-state index contributed by atoms with van der Waals surface area (Å²) < 4.78 is 37.7. The maximum absolute atomic E-state index is 13.0. The maximum Gasteiger partial charge on any atom is 0.246 e. The highest BCUT2D eigenvalue weighted by molar-refractivity contribution is 7.89. The van der Waals surface area contributed by atoms with Crippen LogP contribution in [-0.4, -0.2) is 33.5 Å². The second kappa shape index (κ2) is 8.27. The van der Waals surface area contributed by atoms with E-state index >= 15 is 0 Å². The fourth-order valence-corrected chi connectivity index (χ4v) is 4.94. The summed E-state index contributed by atoms with van der Waals surface area (Å²) in [5.74, 6) is 1.11. The summed E-state index contributed by atoms with van der Waals surface area (Å²) in [5.41, 5.74) is 0.756. The Kier molecular flexibility index (Phi) is 6.57. The van der Waals surface area contributed by atoms with Crippen molar-refractivity contribution < 1.29 is 17.9 Å². The first kappa shape index (κ1) is 19.8. The van der Waals surface area contributed by atoms with E-state index in [1.807, 2.05) is 0 Å². The molecule has 0 atom stereocenters. The number of hydrogen-bond acceptors (Lipinski definition) is 4. The molecule has 0 N–H and O–H groups in total. The van der Waals surface area contributed by atoms with Gasteiger partial charge >= 0.3 is 0 Å². The van der Waals surface area contributed by atoms with Gasteiger partial charge in [0.2, 0.25) is 10.0 Å². The third-order valence-electron chi connectivity index (χ3n) is 3.68. The Morgan fingerprint density at radius 1 is 1.00 bits per heavy atom. The summed E-state index contributed by atoms with van der Waals surface area (Å²) in [4.78, 5) is -0.0827. The molecule has 2 aromatic rings. The third-order valence-corrected chi connectivity index (χ3v) is 6.55. The monoisotopic (exact) mass is 403 g/mol. The predicted molar refractivity (Wildman–Crippen MR) is 99.3 cm³/mol. The zero-order valence-electron chi connectivity index (χ0n) is 14.1. The molecule has 5 nitrogen and oxygen atoms in total. The minimum absolute atomic E-state index is 0.0827. The smallest absolute Gasteiger partial charge is 0.246 e. The minimum atomic E-state index is -3.85. The molecule has 0 bridgehead atoms. The van der Waals surface area contributed by atoms with Crippen LogP contribution >= 0.6 is 23.2 Å². The molecule has 0 radical (unpaired) electrons. The van der Waals surface area contributed by atoms with Crippen LogP contribution in [0.25, 0.3) is 0 Å². The van der Waals surface area contributed by atoms with E-state index in [1.54, 1.807) is 38.3 Å². The molecule has 25 heavy (non-hydrogen) atoms. The van der Waals surface area contributed by atoms with E-state index in [4.69, 9.17) is 32.7 Å². The number of ether oxygens (including phenoxy) is 2. The molecule has 0 amide bonds. The fourth-order valence-electron chi connectivity index (χ4n) is 2.41. The lowest BCUT2D eigenvalue weighted by Gasteiger charge is -2.22. The standard InChI is InChI=1S/C17H19Cl2NO4S/c1-4-20(11-12-8-9-15(23-2)16(10-12)24-3)25(21,22)17-13(18)6-5-7-14(17)19/h5-10H,4,11H2,1-3H3. The molecule has 2 rings (SSSR count). The first-order valence-electron chi connectivity index (χ1n) is 7.50. The summed E-state index contributed by atoms with van der Waals surface area (Å²) in [6, 6.07) is 9.87. The average molecular weight is 404 g/mol. The Morgan fingerprint density at radius 3 is 2.12 bits per heavy atom. The van der Waals surface area contributed by atoms with Crippen LogP contribution in [0, 0.1) is 0 Å². The van der Waals surface area contributed by atoms with Crippen molar-refractivity contribution in [2.45, 2.75) is 18.4 Å². The molecule has 0 aliphatic heterocycles. The van der Waals surface area contributed by atoms with Gasteiger partial charge in [-0.25, -0.2) is 8.42 Å². The van der Waals surface area contributed by atoms with E-state index in [9.17, 15) is 8.42 Å². The van der Waals surface area contributed by atoms with Crippen LogP contribution < -0.4 is 9.47 Å². The van der Waals surface area contributed by atoms with E-state index in [-0.39, 0.29) is 28.0 Å². The van der Waals surface area contributed by atoms with Crippen molar-refractivity contribution in [2.75, 3.05) is 20.8 Å². The summed E-state index contributed by atoms with van der Waals surface area (Å²) in [6.45, 7) is 2.17. The van der Waals surface area contributed by atoms with Gasteiger partial charge in [0.15, 0.2) is 11.5 Å². The molecular formula is C17H19Cl2NO4S. The highest BCUT2D eigenvalue weighted by Gasteiger charge is 2.28. The van der Waals surface area contributed by atoms with Gasteiger partial charge in [0.05, 0.1) is 24.3 Å². The molecule has 8 heteroatoms. The van der Waals surface area contributed by atoms with Gasteiger partial charge in [-0.05, 0) is 29.8 Å². The van der Waals surface area contributed by atoms with Crippen LogP contribution in [0.15, 0.2) is 41.3 Å². The third kappa shape index (κ3) is 4.20. The topological polar surface area (TPSA) is 55.8 Å². The molecule has 0 heterocycles. The van der Waals surface area contributed by atoms with Crippen LogP contribution in [0.3, 0.4) is 0 Å². The van der Waals surface area contributed by atoms with Crippen molar-refractivity contribution in [3.8, 4) is 11.5 Å². The Labute approximate surface area is 158 Å². The molecule has 2 aromatic carbocycles. The van der Waals surface area contributed by atoms with Crippen molar-refractivity contribution in [1.29, 1.82) is 0 Å². The Morgan fingerprint density at radius 2 is 1.60 bits per heavy atom. The van der Waals surface area contributed by atoms with Gasteiger partial charge < -0.3 is 9.47 Å². The molecule has 136 valence electrons. The van der Waals surface area contributed by atoms with Crippen molar-refractivity contribution in [1.82, 2.24) is 4.31 Å². The summed E-state index contributed by atoms with van der Waals surface area (Å²) in [7, 11) is -0.780. The van der Waals surface area contributed by atoms with Gasteiger partial charge in [-0.3, -0.25) is 0 Å². The van der Waals surface area contributed by atoms with E-state index in [0.717, 1.165) is 5.56 Å². The first-order valence-corrected chi connectivity index (χ1v) is 9.69. The highest BCUT2D eigenvalue weighted by atomic mass is 35.5. The summed E-state index contributed by atoms with van der Waals surface area (Å²) >= 11 is 12.2. The van der Waals surface area contributed by atoms with Crippen molar-refractivity contribution in [2.24, 2.45) is 0 Å². The zero-order chi connectivity index (χ0) is 18.6. The number of rotatable bonds is 7. The number of halogens is 2. The fraction of sp³-hybridized carbons (Fsp3) is 0.294. The van der Waals surface area contributed by atoms with Gasteiger partial charge in [0, 0.05) is 13.1 Å². The minimum Gasteiger partial charge on any atom is -0.493 e. The lowest BCUT2D eigenvalue weighted by Crippen LogP contribution is -2.31. The van der Waals surface area contributed by atoms with E-state index in [0.29, 0.717) is 11.5 Å². The van der Waals surface area contributed by atoms with Crippen LogP contribution in [0.4, 0.5) is 0 Å². The second-order valence-corrected chi connectivity index (χ2v) is 7.86. The average Bonchev–Trinajstić information content (AvgIpc) is 2.58. The number of methoxy groups -OCH3 is 2. The molecule has 0 unspecified atom stereocenters. The summed E-state index contributed by atoms with van der Waals surface area (Å²) in [5, 5.41) is 0.191. The Hall–Kier alpha value is -1.47. The normalized spacial score (nSPS) is 11.6. The van der Waals surface area contributed by atoms with E-state index in [2.05, 4.69) is 0 Å². The Bertz CT molecular complexity index is 835. The molecular weight excluding hydrogens is 385 g/mol. The van der Waals surface area contributed by atoms with Gasteiger partial charge in [-0.1, -0.05) is 42.3 Å². The molecule has 0 aliphatic carbocycles. The molecule has 0 saturated carbocycles. The van der Waals surface area contributed by atoms with Crippen LogP contribution in [0.1, 0.15) is 12.5 Å². The van der Waals surface area contributed by atoms with Gasteiger partial charge in [-0.15, -0.1) is 0 Å². The van der Waals surface area contributed by atoms with E-state index in [1.165, 1.54) is 23.5 Å². The van der Waals surface area contributed by atoms with Crippen molar-refractivity contribution >= 4 is 33.2 Å².